The molecule has 0 saturated heterocycles. The third kappa shape index (κ3) is 2.25. The second-order valence-electron chi connectivity index (χ2n) is 4.98. The average molecular weight is 304 g/mol. The maximum Gasteiger partial charge on any atom is 0.416 e. The summed E-state index contributed by atoms with van der Waals surface area (Å²) in [5.74, 6) is 0.533. The van der Waals surface area contributed by atoms with E-state index in [0.29, 0.717) is 41.2 Å². The van der Waals surface area contributed by atoms with E-state index in [1.54, 1.807) is 6.07 Å². The molecule has 3 nitrogen and oxygen atoms in total. The number of alkyl halides is 3. The van der Waals surface area contributed by atoms with Gasteiger partial charge in [-0.15, -0.1) is 0 Å². The first-order valence-electron chi connectivity index (χ1n) is 6.57. The average Bonchev–Trinajstić information content (AvgIpc) is 2.95. The molecule has 0 aromatic heterocycles. The highest BCUT2D eigenvalue weighted by Crippen LogP contribution is 2.42. The third-order valence-corrected chi connectivity index (χ3v) is 3.64. The van der Waals surface area contributed by atoms with Crippen molar-refractivity contribution in [3.8, 4) is 22.9 Å². The Hall–Kier alpha value is -2.68. The van der Waals surface area contributed by atoms with E-state index in [4.69, 9.17) is 15.7 Å². The fourth-order valence-corrected chi connectivity index (χ4v) is 2.59. The number of halogens is 3. The molecule has 2 aromatic carbocycles. The van der Waals surface area contributed by atoms with Gasteiger partial charge in [-0.1, -0.05) is 12.1 Å². The fourth-order valence-electron chi connectivity index (χ4n) is 2.59. The number of hydrogen-bond acceptors (Lipinski definition) is 3. The highest BCUT2D eigenvalue weighted by Gasteiger charge is 2.30. The molecule has 0 fully saturated rings. The Morgan fingerprint density at radius 1 is 1.18 bits per heavy atom. The predicted octanol–water partition coefficient (Wildman–Crippen LogP) is 3.76. The van der Waals surface area contributed by atoms with Crippen LogP contribution in [0.15, 0.2) is 30.3 Å². The van der Waals surface area contributed by atoms with Crippen LogP contribution in [0.4, 0.5) is 18.9 Å². The van der Waals surface area contributed by atoms with Crippen LogP contribution in [0.5, 0.6) is 5.75 Å². The second-order valence-corrected chi connectivity index (χ2v) is 4.98. The number of hydrogen-bond donors (Lipinski definition) is 1. The SMILES string of the molecule is N#Cc1c(N)cc(-c2ccc(C(F)(F)F)cc2)c2c1CCO2. The van der Waals surface area contributed by atoms with E-state index >= 15 is 0 Å². The van der Waals surface area contributed by atoms with Gasteiger partial charge in [0, 0.05) is 17.5 Å². The van der Waals surface area contributed by atoms with Gasteiger partial charge < -0.3 is 10.5 Å². The lowest BCUT2D eigenvalue weighted by molar-refractivity contribution is -0.137. The molecule has 0 amide bonds. The van der Waals surface area contributed by atoms with Crippen molar-refractivity contribution in [2.45, 2.75) is 12.6 Å². The first kappa shape index (κ1) is 14.3. The highest BCUT2D eigenvalue weighted by atomic mass is 19.4. The van der Waals surface area contributed by atoms with Crippen LogP contribution < -0.4 is 10.5 Å². The van der Waals surface area contributed by atoms with E-state index in [0.717, 1.165) is 17.7 Å². The minimum absolute atomic E-state index is 0.307. The number of nitrogens with zero attached hydrogens (tertiary/aromatic N) is 1. The molecule has 0 radical (unpaired) electrons. The first-order valence-corrected chi connectivity index (χ1v) is 6.57. The molecule has 2 N–H and O–H groups in total. The summed E-state index contributed by atoms with van der Waals surface area (Å²) in [6.07, 6.45) is -3.81. The summed E-state index contributed by atoms with van der Waals surface area (Å²) in [7, 11) is 0. The van der Waals surface area contributed by atoms with Gasteiger partial charge in [-0.2, -0.15) is 18.4 Å². The Kier molecular flexibility index (Phi) is 3.21. The molecule has 1 heterocycles. The van der Waals surface area contributed by atoms with E-state index in [1.165, 1.54) is 12.1 Å². The zero-order valence-corrected chi connectivity index (χ0v) is 11.4. The van der Waals surface area contributed by atoms with Crippen LogP contribution in [-0.2, 0) is 12.6 Å². The number of ether oxygens (including phenoxy) is 1. The van der Waals surface area contributed by atoms with E-state index < -0.39 is 11.7 Å². The van der Waals surface area contributed by atoms with Crippen LogP contribution in [0.2, 0.25) is 0 Å². The van der Waals surface area contributed by atoms with Crippen molar-refractivity contribution >= 4 is 5.69 Å². The quantitative estimate of drug-likeness (QED) is 0.816. The molecule has 0 saturated carbocycles. The summed E-state index contributed by atoms with van der Waals surface area (Å²) < 4.78 is 43.4. The fraction of sp³-hybridized carbons (Fsp3) is 0.188. The largest absolute Gasteiger partial charge is 0.492 e. The molecule has 0 aliphatic carbocycles. The lowest BCUT2D eigenvalue weighted by atomic mass is 9.95. The number of anilines is 1. The Bertz CT molecular complexity index is 774. The monoisotopic (exact) mass is 304 g/mol. The van der Waals surface area contributed by atoms with Crippen molar-refractivity contribution in [3.63, 3.8) is 0 Å². The van der Waals surface area contributed by atoms with Gasteiger partial charge >= 0.3 is 6.18 Å². The maximum absolute atomic E-state index is 12.6. The smallest absolute Gasteiger partial charge is 0.416 e. The van der Waals surface area contributed by atoms with Gasteiger partial charge in [0.05, 0.1) is 23.4 Å². The molecule has 2 aromatic rings. The van der Waals surface area contributed by atoms with Crippen molar-refractivity contribution in [1.82, 2.24) is 0 Å². The molecule has 1 aliphatic rings. The maximum atomic E-state index is 12.6. The molecule has 0 unspecified atom stereocenters. The zero-order valence-electron chi connectivity index (χ0n) is 11.4. The summed E-state index contributed by atoms with van der Waals surface area (Å²) >= 11 is 0. The summed E-state index contributed by atoms with van der Waals surface area (Å²) in [5.41, 5.74) is 7.76. The predicted molar refractivity (Wildman–Crippen MR) is 75.2 cm³/mol. The van der Waals surface area contributed by atoms with E-state index in [9.17, 15) is 13.2 Å². The van der Waals surface area contributed by atoms with E-state index in [1.807, 2.05) is 6.07 Å². The van der Waals surface area contributed by atoms with Crippen molar-refractivity contribution < 1.29 is 17.9 Å². The van der Waals surface area contributed by atoms with E-state index in [-0.39, 0.29) is 0 Å². The molecule has 6 heteroatoms. The van der Waals surface area contributed by atoms with Gasteiger partial charge in [-0.05, 0) is 23.8 Å². The summed E-state index contributed by atoms with van der Waals surface area (Å²) in [4.78, 5) is 0. The van der Waals surface area contributed by atoms with Crippen molar-refractivity contribution in [3.05, 3.63) is 47.0 Å². The Morgan fingerprint density at radius 2 is 1.86 bits per heavy atom. The molecular weight excluding hydrogens is 293 g/mol. The number of nitrogens with two attached hydrogens (primary N) is 1. The van der Waals surface area contributed by atoms with Crippen molar-refractivity contribution in [1.29, 1.82) is 5.26 Å². The lowest BCUT2D eigenvalue weighted by Gasteiger charge is -2.13. The molecule has 112 valence electrons. The summed E-state index contributed by atoms with van der Waals surface area (Å²) in [5, 5.41) is 9.16. The van der Waals surface area contributed by atoms with Gasteiger partial charge in [0.25, 0.3) is 0 Å². The van der Waals surface area contributed by atoms with Crippen molar-refractivity contribution in [2.24, 2.45) is 0 Å². The van der Waals surface area contributed by atoms with Crippen LogP contribution in [-0.4, -0.2) is 6.61 Å². The van der Waals surface area contributed by atoms with Gasteiger partial charge in [-0.3, -0.25) is 0 Å². The molecule has 0 spiro atoms. The van der Waals surface area contributed by atoms with Gasteiger partial charge in [0.1, 0.15) is 11.8 Å². The standard InChI is InChI=1S/C16H11F3N2O/c17-16(18,19)10-3-1-9(2-4-10)12-7-14(21)13(8-20)11-5-6-22-15(11)12/h1-4,7H,5-6,21H2. The molecule has 0 bridgehead atoms. The Morgan fingerprint density at radius 3 is 2.45 bits per heavy atom. The topological polar surface area (TPSA) is 59.0 Å². The number of nitriles is 1. The van der Waals surface area contributed by atoms with Crippen LogP contribution in [0.25, 0.3) is 11.1 Å². The highest BCUT2D eigenvalue weighted by molar-refractivity contribution is 5.80. The number of nitrogen functional groups attached to an aromatic ring is 1. The summed E-state index contributed by atoms with van der Waals surface area (Å²) in [6, 6.07) is 8.42. The summed E-state index contributed by atoms with van der Waals surface area (Å²) in [6.45, 7) is 0.432. The molecule has 0 atom stereocenters. The molecule has 1 aliphatic heterocycles. The Balaban J connectivity index is 2.12. The first-order chi connectivity index (χ1) is 10.4. The minimum atomic E-state index is -4.37. The number of benzene rings is 2. The van der Waals surface area contributed by atoms with Crippen LogP contribution in [0, 0.1) is 11.3 Å². The Labute approximate surface area is 124 Å². The van der Waals surface area contributed by atoms with Crippen LogP contribution in [0.1, 0.15) is 16.7 Å². The molecular formula is C16H11F3N2O. The van der Waals surface area contributed by atoms with Crippen LogP contribution in [0.3, 0.4) is 0 Å². The normalized spacial score (nSPS) is 13.4. The van der Waals surface area contributed by atoms with Gasteiger partial charge in [-0.25, -0.2) is 0 Å². The zero-order chi connectivity index (χ0) is 15.9. The van der Waals surface area contributed by atoms with Gasteiger partial charge in [0.15, 0.2) is 0 Å². The molecule has 22 heavy (non-hydrogen) atoms. The second kappa shape index (κ2) is 4.95. The number of rotatable bonds is 1. The lowest BCUT2D eigenvalue weighted by Crippen LogP contribution is -2.04. The van der Waals surface area contributed by atoms with Gasteiger partial charge in [0.2, 0.25) is 0 Å². The molecule has 3 rings (SSSR count). The minimum Gasteiger partial charge on any atom is -0.492 e. The number of fused-ring (bicyclic) bond motifs is 1. The van der Waals surface area contributed by atoms with E-state index in [2.05, 4.69) is 0 Å². The van der Waals surface area contributed by atoms with Crippen LogP contribution >= 0.6 is 0 Å². The third-order valence-electron chi connectivity index (χ3n) is 3.64. The van der Waals surface area contributed by atoms with Crippen molar-refractivity contribution in [2.75, 3.05) is 12.3 Å².